The van der Waals surface area contributed by atoms with Crippen LogP contribution in [0.25, 0.3) is 26.8 Å². The van der Waals surface area contributed by atoms with E-state index in [1.807, 2.05) is 12.3 Å². The van der Waals surface area contributed by atoms with Crippen molar-refractivity contribution in [3.63, 3.8) is 0 Å². The zero-order valence-corrected chi connectivity index (χ0v) is 15.6. The first kappa shape index (κ1) is 15.5. The fraction of sp³-hybridized carbons (Fsp3) is 0.250. The highest BCUT2D eigenvalue weighted by atomic mass is 32.1. The molecule has 0 unspecified atom stereocenters. The Kier molecular flexibility index (Phi) is 3.53. The molecule has 1 aliphatic rings. The Labute approximate surface area is 155 Å². The summed E-state index contributed by atoms with van der Waals surface area (Å²) in [4.78, 5) is 21.5. The van der Waals surface area contributed by atoms with Gasteiger partial charge in [-0.15, -0.1) is 11.3 Å². The third-order valence-corrected chi connectivity index (χ3v) is 6.37. The van der Waals surface area contributed by atoms with Crippen LogP contribution in [-0.2, 0) is 0 Å². The molecule has 0 spiro atoms. The minimum absolute atomic E-state index is 0.864. The number of thiophene rings is 1. The monoisotopic (exact) mass is 361 g/mol. The number of aromatic nitrogens is 4. The third-order valence-electron chi connectivity index (χ3n) is 5.25. The van der Waals surface area contributed by atoms with E-state index in [1.165, 1.54) is 32.3 Å². The van der Waals surface area contributed by atoms with Crippen molar-refractivity contribution in [2.45, 2.75) is 20.3 Å². The van der Waals surface area contributed by atoms with Gasteiger partial charge in [-0.1, -0.05) is 6.08 Å². The van der Waals surface area contributed by atoms with Crippen molar-refractivity contribution in [3.05, 3.63) is 52.9 Å². The van der Waals surface area contributed by atoms with Crippen LogP contribution in [0.5, 0.6) is 0 Å². The van der Waals surface area contributed by atoms with E-state index in [0.717, 1.165) is 35.8 Å². The molecule has 130 valence electrons. The Balaban J connectivity index is 1.51. The molecule has 5 nitrogen and oxygen atoms in total. The summed E-state index contributed by atoms with van der Waals surface area (Å²) in [5, 5.41) is 2.41. The van der Waals surface area contributed by atoms with Gasteiger partial charge in [0, 0.05) is 41.3 Å². The zero-order chi connectivity index (χ0) is 17.7. The molecule has 0 bridgehead atoms. The first-order valence-electron chi connectivity index (χ1n) is 8.79. The summed E-state index contributed by atoms with van der Waals surface area (Å²) in [7, 11) is 0. The van der Waals surface area contributed by atoms with E-state index in [1.54, 1.807) is 17.7 Å². The fourth-order valence-electron chi connectivity index (χ4n) is 3.73. The van der Waals surface area contributed by atoms with E-state index in [4.69, 9.17) is 0 Å². The van der Waals surface area contributed by atoms with Gasteiger partial charge in [0.25, 0.3) is 0 Å². The van der Waals surface area contributed by atoms with Gasteiger partial charge in [-0.2, -0.15) is 0 Å². The molecule has 6 heteroatoms. The maximum absolute atomic E-state index is 4.62. The van der Waals surface area contributed by atoms with Crippen molar-refractivity contribution in [2.24, 2.45) is 0 Å². The van der Waals surface area contributed by atoms with Crippen molar-refractivity contribution < 1.29 is 0 Å². The summed E-state index contributed by atoms with van der Waals surface area (Å²) in [6, 6.07) is 4.13. The second kappa shape index (κ2) is 5.92. The van der Waals surface area contributed by atoms with Gasteiger partial charge in [-0.3, -0.25) is 0 Å². The average Bonchev–Trinajstić information content (AvgIpc) is 3.23. The fourth-order valence-corrected chi connectivity index (χ4v) is 4.72. The number of nitrogens with one attached hydrogen (secondary N) is 1. The number of pyridine rings is 1. The van der Waals surface area contributed by atoms with E-state index in [9.17, 15) is 0 Å². The number of nitrogens with zero attached hydrogens (tertiary/aromatic N) is 4. The van der Waals surface area contributed by atoms with E-state index in [0.29, 0.717) is 0 Å². The second-order valence-corrected chi connectivity index (χ2v) is 7.89. The number of fused-ring (bicyclic) bond motifs is 2. The number of anilines is 1. The minimum Gasteiger partial charge on any atom is -0.352 e. The van der Waals surface area contributed by atoms with Gasteiger partial charge in [-0.25, -0.2) is 15.0 Å². The highest BCUT2D eigenvalue weighted by Gasteiger charge is 2.20. The van der Waals surface area contributed by atoms with Crippen molar-refractivity contribution in [3.8, 4) is 0 Å². The summed E-state index contributed by atoms with van der Waals surface area (Å²) < 4.78 is 0. The van der Waals surface area contributed by atoms with Crippen LogP contribution in [0.2, 0.25) is 0 Å². The maximum Gasteiger partial charge on any atom is 0.141 e. The lowest BCUT2D eigenvalue weighted by Gasteiger charge is -2.28. The van der Waals surface area contributed by atoms with E-state index in [-0.39, 0.29) is 0 Å². The normalized spacial score (nSPS) is 15.0. The smallest absolute Gasteiger partial charge is 0.141 e. The molecule has 0 aromatic carbocycles. The Bertz CT molecular complexity index is 1150. The van der Waals surface area contributed by atoms with Crippen LogP contribution in [0.1, 0.15) is 22.4 Å². The van der Waals surface area contributed by atoms with Crippen LogP contribution in [0, 0.1) is 13.8 Å². The first-order valence-corrected chi connectivity index (χ1v) is 9.61. The van der Waals surface area contributed by atoms with E-state index in [2.05, 4.69) is 57.0 Å². The highest BCUT2D eigenvalue weighted by molar-refractivity contribution is 7.18. The van der Waals surface area contributed by atoms with Gasteiger partial charge in [0.15, 0.2) is 0 Å². The van der Waals surface area contributed by atoms with E-state index >= 15 is 0 Å². The largest absolute Gasteiger partial charge is 0.352 e. The Morgan fingerprint density at radius 1 is 1.19 bits per heavy atom. The minimum atomic E-state index is 0.864. The Morgan fingerprint density at radius 2 is 2.12 bits per heavy atom. The Hall–Kier alpha value is -2.73. The molecule has 4 aromatic heterocycles. The summed E-state index contributed by atoms with van der Waals surface area (Å²) in [6.45, 7) is 6.15. The maximum atomic E-state index is 4.62. The molecular formula is C20H19N5S. The highest BCUT2D eigenvalue weighted by Crippen LogP contribution is 2.36. The van der Waals surface area contributed by atoms with Gasteiger partial charge in [0.2, 0.25) is 0 Å². The number of aromatic amines is 1. The number of aryl methyl sites for hydroxylation is 2. The summed E-state index contributed by atoms with van der Waals surface area (Å²) >= 11 is 1.75. The van der Waals surface area contributed by atoms with Crippen LogP contribution < -0.4 is 4.90 Å². The van der Waals surface area contributed by atoms with Crippen molar-refractivity contribution in [1.82, 2.24) is 19.9 Å². The number of H-pyrrole nitrogens is 1. The molecule has 0 fully saturated rings. The SMILES string of the molecule is Cc1sc2ncnc(N3CC=C(c4c[nH]c5ncccc45)CC3)c2c1C. The van der Waals surface area contributed by atoms with Gasteiger partial charge in [0.05, 0.1) is 5.39 Å². The molecule has 0 atom stereocenters. The van der Waals surface area contributed by atoms with Crippen LogP contribution >= 0.6 is 11.3 Å². The Morgan fingerprint density at radius 3 is 2.96 bits per heavy atom. The predicted octanol–water partition coefficient (Wildman–Crippen LogP) is 4.48. The lowest BCUT2D eigenvalue weighted by Crippen LogP contribution is -2.29. The van der Waals surface area contributed by atoms with Crippen LogP contribution in [0.4, 0.5) is 5.82 Å². The number of hydrogen-bond acceptors (Lipinski definition) is 5. The quantitative estimate of drug-likeness (QED) is 0.572. The zero-order valence-electron chi connectivity index (χ0n) is 14.8. The summed E-state index contributed by atoms with van der Waals surface area (Å²) in [5.41, 5.74) is 4.90. The lowest BCUT2D eigenvalue weighted by molar-refractivity contribution is 0.819. The van der Waals surface area contributed by atoms with E-state index < -0.39 is 0 Å². The van der Waals surface area contributed by atoms with Crippen molar-refractivity contribution in [2.75, 3.05) is 18.0 Å². The molecule has 5 heterocycles. The second-order valence-electron chi connectivity index (χ2n) is 6.69. The van der Waals surface area contributed by atoms with Gasteiger partial charge >= 0.3 is 0 Å². The molecule has 26 heavy (non-hydrogen) atoms. The van der Waals surface area contributed by atoms with Crippen molar-refractivity contribution in [1.29, 1.82) is 0 Å². The molecule has 1 N–H and O–H groups in total. The summed E-state index contributed by atoms with van der Waals surface area (Å²) in [6.07, 6.45) is 8.91. The average molecular weight is 361 g/mol. The van der Waals surface area contributed by atoms with Gasteiger partial charge in [-0.05, 0) is 43.5 Å². The number of rotatable bonds is 2. The van der Waals surface area contributed by atoms with Crippen LogP contribution in [0.15, 0.2) is 36.9 Å². The van der Waals surface area contributed by atoms with Gasteiger partial charge in [0.1, 0.15) is 22.6 Å². The molecule has 0 radical (unpaired) electrons. The molecule has 0 saturated carbocycles. The van der Waals surface area contributed by atoms with Crippen molar-refractivity contribution >= 4 is 44.0 Å². The molecule has 0 amide bonds. The molecule has 4 aromatic rings. The molecule has 0 saturated heterocycles. The molecule has 0 aliphatic carbocycles. The summed E-state index contributed by atoms with van der Waals surface area (Å²) in [5.74, 6) is 1.06. The first-order chi connectivity index (χ1) is 12.7. The third kappa shape index (κ3) is 2.33. The molecule has 5 rings (SSSR count). The number of hydrogen-bond donors (Lipinski definition) is 1. The standard InChI is InChI=1S/C20H19N5S/c1-12-13(2)26-20-17(12)19(23-11-24-20)25-8-5-14(6-9-25)16-10-22-18-15(16)4-3-7-21-18/h3-5,7,10-11H,6,8-9H2,1-2H3,(H,21,22). The van der Waals surface area contributed by atoms with Gasteiger partial charge < -0.3 is 9.88 Å². The lowest BCUT2D eigenvalue weighted by atomic mass is 9.99. The van der Waals surface area contributed by atoms with Crippen LogP contribution in [0.3, 0.4) is 0 Å². The predicted molar refractivity (Wildman–Crippen MR) is 108 cm³/mol. The van der Waals surface area contributed by atoms with Crippen LogP contribution in [-0.4, -0.2) is 33.0 Å². The molecular weight excluding hydrogens is 342 g/mol. The molecule has 1 aliphatic heterocycles. The topological polar surface area (TPSA) is 57.7 Å².